The van der Waals surface area contributed by atoms with E-state index in [-0.39, 0.29) is 5.91 Å². The molecule has 0 radical (unpaired) electrons. The number of nitrogens with one attached hydrogen (secondary N) is 1. The van der Waals surface area contributed by atoms with Gasteiger partial charge in [0.25, 0.3) is 5.91 Å². The fourth-order valence-electron chi connectivity index (χ4n) is 2.52. The smallest absolute Gasteiger partial charge is 0.280 e. The molecule has 1 N–H and O–H groups in total. The Morgan fingerprint density at radius 3 is 2.52 bits per heavy atom. The number of halogens is 2. The van der Waals surface area contributed by atoms with Crippen molar-refractivity contribution in [1.29, 1.82) is 0 Å². The van der Waals surface area contributed by atoms with E-state index >= 15 is 0 Å². The quantitative estimate of drug-likeness (QED) is 0.456. The average molecular weight is 401 g/mol. The summed E-state index contributed by atoms with van der Waals surface area (Å²) in [6.45, 7) is 3.47. The van der Waals surface area contributed by atoms with Gasteiger partial charge in [-0.3, -0.25) is 4.79 Å². The normalized spacial score (nSPS) is 12.7. The molecule has 0 aliphatic heterocycles. The van der Waals surface area contributed by atoms with Crippen molar-refractivity contribution in [3.05, 3.63) is 76.3 Å². The number of hydrazone groups is 1. The molecule has 0 bridgehead atoms. The largest absolute Gasteiger partial charge is 0.479 e. The summed E-state index contributed by atoms with van der Waals surface area (Å²) < 4.78 is 5.59. The van der Waals surface area contributed by atoms with Crippen molar-refractivity contribution in [3.63, 3.8) is 0 Å². The van der Waals surface area contributed by atoms with Crippen LogP contribution in [0.25, 0.3) is 10.8 Å². The van der Waals surface area contributed by atoms with Crippen molar-refractivity contribution >= 4 is 45.6 Å². The number of nitrogens with zero attached hydrogens (tertiary/aromatic N) is 1. The second kappa shape index (κ2) is 8.42. The Labute approximate surface area is 167 Å². The minimum atomic E-state index is -0.767. The maximum Gasteiger partial charge on any atom is 0.280 e. The van der Waals surface area contributed by atoms with E-state index in [2.05, 4.69) is 10.5 Å². The average Bonchev–Trinajstić information content (AvgIpc) is 2.67. The predicted molar refractivity (Wildman–Crippen MR) is 111 cm³/mol. The molecular weight excluding hydrogens is 383 g/mol. The molecule has 3 aromatic carbocycles. The van der Waals surface area contributed by atoms with Crippen molar-refractivity contribution in [2.75, 3.05) is 0 Å². The first kappa shape index (κ1) is 19.2. The van der Waals surface area contributed by atoms with Crippen molar-refractivity contribution in [3.8, 4) is 5.75 Å². The number of hydrogen-bond acceptors (Lipinski definition) is 3. The van der Waals surface area contributed by atoms with Crippen molar-refractivity contribution < 1.29 is 9.53 Å². The molecule has 0 fully saturated rings. The van der Waals surface area contributed by atoms with E-state index in [1.807, 2.05) is 49.4 Å². The summed E-state index contributed by atoms with van der Waals surface area (Å²) in [6.07, 6.45) is -0.767. The zero-order valence-electron chi connectivity index (χ0n) is 14.9. The van der Waals surface area contributed by atoms with Gasteiger partial charge in [-0.05, 0) is 54.4 Å². The lowest BCUT2D eigenvalue weighted by Crippen LogP contribution is -2.34. The standard InChI is InChI=1S/C21H18Cl2N2O2/c1-13(16-8-7-15-5-3-4-6-17(15)11-16)24-25-21(26)14(2)27-20-10-9-18(22)12-19(20)23/h3-12,14H,1-2H3,(H,25,26)/b24-13-/t14-/m0/s1. The van der Waals surface area contributed by atoms with Gasteiger partial charge in [0, 0.05) is 5.02 Å². The van der Waals surface area contributed by atoms with Crippen LogP contribution in [0.1, 0.15) is 19.4 Å². The Morgan fingerprint density at radius 1 is 1.04 bits per heavy atom. The maximum atomic E-state index is 12.3. The predicted octanol–water partition coefficient (Wildman–Crippen LogP) is 5.45. The molecule has 0 aliphatic rings. The second-order valence-electron chi connectivity index (χ2n) is 6.07. The van der Waals surface area contributed by atoms with Gasteiger partial charge in [0.2, 0.25) is 0 Å². The van der Waals surface area contributed by atoms with Gasteiger partial charge in [-0.1, -0.05) is 59.6 Å². The summed E-state index contributed by atoms with van der Waals surface area (Å²) in [5.74, 6) is 0.0140. The zero-order valence-corrected chi connectivity index (χ0v) is 16.4. The monoisotopic (exact) mass is 400 g/mol. The molecule has 3 aromatic rings. The molecule has 1 atom stereocenters. The lowest BCUT2D eigenvalue weighted by Gasteiger charge is -2.14. The highest BCUT2D eigenvalue weighted by Crippen LogP contribution is 2.28. The summed E-state index contributed by atoms with van der Waals surface area (Å²) >= 11 is 11.9. The van der Waals surface area contributed by atoms with Crippen LogP contribution in [-0.2, 0) is 4.79 Å². The molecule has 0 saturated carbocycles. The molecule has 0 saturated heterocycles. The van der Waals surface area contributed by atoms with Crippen LogP contribution < -0.4 is 10.2 Å². The number of carbonyl (C=O) groups excluding carboxylic acids is 1. The number of hydrogen-bond donors (Lipinski definition) is 1. The van der Waals surface area contributed by atoms with Crippen LogP contribution in [0.2, 0.25) is 10.0 Å². The van der Waals surface area contributed by atoms with Crippen LogP contribution >= 0.6 is 23.2 Å². The molecule has 4 nitrogen and oxygen atoms in total. The van der Waals surface area contributed by atoms with E-state index < -0.39 is 6.10 Å². The number of rotatable bonds is 5. The van der Waals surface area contributed by atoms with Gasteiger partial charge in [0.05, 0.1) is 10.7 Å². The van der Waals surface area contributed by atoms with Gasteiger partial charge in [-0.2, -0.15) is 5.10 Å². The van der Waals surface area contributed by atoms with E-state index in [0.717, 1.165) is 16.3 Å². The van der Waals surface area contributed by atoms with Gasteiger partial charge >= 0.3 is 0 Å². The third kappa shape index (κ3) is 4.79. The summed E-state index contributed by atoms with van der Waals surface area (Å²) in [5, 5.41) is 7.30. The molecule has 0 heterocycles. The molecule has 0 aromatic heterocycles. The van der Waals surface area contributed by atoms with Crippen LogP contribution in [0.15, 0.2) is 65.8 Å². The third-order valence-corrected chi connectivity index (χ3v) is 4.60. The van der Waals surface area contributed by atoms with Crippen LogP contribution in [0.4, 0.5) is 0 Å². The summed E-state index contributed by atoms with van der Waals surface area (Å²) in [7, 11) is 0. The van der Waals surface area contributed by atoms with E-state index in [1.54, 1.807) is 25.1 Å². The molecule has 27 heavy (non-hydrogen) atoms. The first-order valence-electron chi connectivity index (χ1n) is 8.39. The van der Waals surface area contributed by atoms with Crippen molar-refractivity contribution in [2.45, 2.75) is 20.0 Å². The Kier molecular flexibility index (Phi) is 5.99. The number of benzene rings is 3. The molecule has 0 spiro atoms. The fraction of sp³-hybridized carbons (Fsp3) is 0.143. The van der Waals surface area contributed by atoms with E-state index in [4.69, 9.17) is 27.9 Å². The maximum absolute atomic E-state index is 12.3. The highest BCUT2D eigenvalue weighted by atomic mass is 35.5. The van der Waals surface area contributed by atoms with E-state index in [1.165, 1.54) is 0 Å². The number of ether oxygens (including phenoxy) is 1. The van der Waals surface area contributed by atoms with Crippen LogP contribution in [-0.4, -0.2) is 17.7 Å². The first-order valence-corrected chi connectivity index (χ1v) is 9.14. The first-order chi connectivity index (χ1) is 12.9. The van der Waals surface area contributed by atoms with Crippen LogP contribution in [0.5, 0.6) is 5.75 Å². The zero-order chi connectivity index (χ0) is 19.4. The summed E-state index contributed by atoms with van der Waals surface area (Å²) in [4.78, 5) is 12.3. The van der Waals surface area contributed by atoms with Gasteiger partial charge in [-0.15, -0.1) is 0 Å². The van der Waals surface area contributed by atoms with E-state index in [0.29, 0.717) is 21.5 Å². The third-order valence-electron chi connectivity index (χ3n) is 4.07. The Balaban J connectivity index is 1.67. The molecule has 0 unspecified atom stereocenters. The van der Waals surface area contributed by atoms with Crippen LogP contribution in [0.3, 0.4) is 0 Å². The Morgan fingerprint density at radius 2 is 1.78 bits per heavy atom. The summed E-state index contributed by atoms with van der Waals surface area (Å²) in [5.41, 5.74) is 4.17. The highest BCUT2D eigenvalue weighted by Gasteiger charge is 2.16. The van der Waals surface area contributed by atoms with Gasteiger partial charge in [0.15, 0.2) is 6.10 Å². The molecule has 1 amide bonds. The van der Waals surface area contributed by atoms with Gasteiger partial charge in [0.1, 0.15) is 5.75 Å². The Hall–Kier alpha value is -2.56. The van der Waals surface area contributed by atoms with Gasteiger partial charge < -0.3 is 4.74 Å². The highest BCUT2D eigenvalue weighted by molar-refractivity contribution is 6.35. The van der Waals surface area contributed by atoms with Gasteiger partial charge in [-0.25, -0.2) is 5.43 Å². The minimum absolute atomic E-state index is 0.345. The number of amides is 1. The molecule has 0 aliphatic carbocycles. The fourth-order valence-corrected chi connectivity index (χ4v) is 2.98. The van der Waals surface area contributed by atoms with Crippen molar-refractivity contribution in [1.82, 2.24) is 5.43 Å². The second-order valence-corrected chi connectivity index (χ2v) is 6.91. The molecule has 138 valence electrons. The number of carbonyl (C=O) groups is 1. The lowest BCUT2D eigenvalue weighted by atomic mass is 10.0. The molecule has 6 heteroatoms. The lowest BCUT2D eigenvalue weighted by molar-refractivity contribution is -0.127. The minimum Gasteiger partial charge on any atom is -0.479 e. The Bertz CT molecular complexity index is 1020. The summed E-state index contributed by atoms with van der Waals surface area (Å²) in [6, 6.07) is 18.9. The van der Waals surface area contributed by atoms with Crippen LogP contribution in [0, 0.1) is 0 Å². The topological polar surface area (TPSA) is 50.7 Å². The van der Waals surface area contributed by atoms with E-state index in [9.17, 15) is 4.79 Å². The SMILES string of the molecule is C/C(=N/NC(=O)[C@H](C)Oc1ccc(Cl)cc1Cl)c1ccc2ccccc2c1. The van der Waals surface area contributed by atoms with Crippen molar-refractivity contribution in [2.24, 2.45) is 5.10 Å². The molecular formula is C21H18Cl2N2O2. The number of fused-ring (bicyclic) bond motifs is 1. The molecule has 3 rings (SSSR count).